The molecule has 0 aromatic heterocycles. The van der Waals surface area contributed by atoms with Crippen molar-refractivity contribution in [3.05, 3.63) is 0 Å². The van der Waals surface area contributed by atoms with E-state index >= 15 is 0 Å². The predicted octanol–water partition coefficient (Wildman–Crippen LogP) is 0.419. The van der Waals surface area contributed by atoms with Crippen molar-refractivity contribution in [2.24, 2.45) is 5.92 Å². The molecule has 0 aliphatic rings. The summed E-state index contributed by atoms with van der Waals surface area (Å²) in [5, 5.41) is 17.1. The van der Waals surface area contributed by atoms with E-state index < -0.39 is 11.9 Å². The summed E-state index contributed by atoms with van der Waals surface area (Å²) in [4.78, 5) is 20.8. The van der Waals surface area contributed by atoms with Crippen LogP contribution in [0.25, 0.3) is 0 Å². The summed E-state index contributed by atoms with van der Waals surface area (Å²) in [6.07, 6.45) is 8.18. The Bertz CT molecular complexity index is 237. The maximum absolute atomic E-state index is 10.5. The molecule has 1 atom stereocenters. The first-order valence-electron chi connectivity index (χ1n) is 6.48. The quantitative estimate of drug-likeness (QED) is 0.421. The van der Waals surface area contributed by atoms with Gasteiger partial charge in [-0.15, -0.1) is 0 Å². The van der Waals surface area contributed by atoms with Crippen LogP contribution in [-0.2, 0) is 9.59 Å². The Balaban J connectivity index is -0.00000128. The molecule has 0 aromatic rings. The maximum Gasteiger partial charge on any atom is 1.00 e. The summed E-state index contributed by atoms with van der Waals surface area (Å²) in [6.45, 7) is 1.74. The maximum atomic E-state index is 10.5. The minimum atomic E-state index is -0.715. The molecule has 0 rings (SSSR count). The van der Waals surface area contributed by atoms with Crippen LogP contribution in [0, 0.1) is 5.92 Å². The van der Waals surface area contributed by atoms with E-state index in [-0.39, 0.29) is 43.3 Å². The molecule has 0 fully saturated rings. The zero-order valence-electron chi connectivity index (χ0n) is 12.7. The average molecular weight is 268 g/mol. The van der Waals surface area contributed by atoms with E-state index in [1.807, 2.05) is 0 Å². The summed E-state index contributed by atoms with van der Waals surface area (Å²) in [6, 6.07) is 0. The number of hydrogen-bond acceptors (Lipinski definition) is 2. The second-order valence-corrected chi connectivity index (χ2v) is 4.65. The number of rotatable bonds is 11. The van der Waals surface area contributed by atoms with Gasteiger partial charge in [-0.1, -0.05) is 45.4 Å². The number of hydrogen-bond donors (Lipinski definition) is 2. The first kappa shape index (κ1) is 20.3. The van der Waals surface area contributed by atoms with Crippen molar-refractivity contribution in [1.82, 2.24) is 0 Å². The van der Waals surface area contributed by atoms with Crippen molar-refractivity contribution >= 4 is 11.9 Å². The Morgan fingerprint density at radius 1 is 0.944 bits per heavy atom. The summed E-state index contributed by atoms with van der Waals surface area (Å²) < 4.78 is 0. The van der Waals surface area contributed by atoms with Gasteiger partial charge in [-0.2, -0.15) is 0 Å². The molecular formula is C13H25NaO4. The average Bonchev–Trinajstić information content (AvgIpc) is 2.25. The number of carboxylic acid groups (broad SMARTS) is 2. The molecule has 2 N–H and O–H groups in total. The number of unbranched alkanes of at least 4 members (excludes halogenated alkanes) is 6. The van der Waals surface area contributed by atoms with E-state index in [0.29, 0.717) is 0 Å². The van der Waals surface area contributed by atoms with Crippen LogP contribution in [0.3, 0.4) is 0 Å². The molecule has 0 bridgehead atoms. The molecule has 5 heteroatoms. The van der Waals surface area contributed by atoms with Gasteiger partial charge in [-0.3, -0.25) is 9.59 Å². The van der Waals surface area contributed by atoms with E-state index in [2.05, 4.69) is 0 Å². The van der Waals surface area contributed by atoms with Crippen LogP contribution in [-0.4, -0.2) is 22.2 Å². The Kier molecular flexibility index (Phi) is 15.1. The molecule has 18 heavy (non-hydrogen) atoms. The van der Waals surface area contributed by atoms with Gasteiger partial charge in [0.2, 0.25) is 0 Å². The van der Waals surface area contributed by atoms with Crippen LogP contribution in [0.2, 0.25) is 0 Å². The summed E-state index contributed by atoms with van der Waals surface area (Å²) in [5.41, 5.74) is 0. The molecule has 0 aliphatic heterocycles. The van der Waals surface area contributed by atoms with Gasteiger partial charge in [0.1, 0.15) is 0 Å². The van der Waals surface area contributed by atoms with E-state index in [4.69, 9.17) is 10.2 Å². The Labute approximate surface area is 133 Å². The van der Waals surface area contributed by atoms with Gasteiger partial charge in [0.15, 0.2) is 0 Å². The first-order valence-corrected chi connectivity index (χ1v) is 6.48. The van der Waals surface area contributed by atoms with E-state index in [1.165, 1.54) is 0 Å². The molecule has 0 aliphatic carbocycles. The predicted molar refractivity (Wildman–Crippen MR) is 67.1 cm³/mol. The van der Waals surface area contributed by atoms with Crippen molar-refractivity contribution in [1.29, 1.82) is 0 Å². The van der Waals surface area contributed by atoms with Crippen molar-refractivity contribution < 1.29 is 50.8 Å². The number of aliphatic carboxylic acids is 2. The van der Waals surface area contributed by atoms with Gasteiger partial charge in [0, 0.05) is 6.42 Å². The van der Waals surface area contributed by atoms with Crippen molar-refractivity contribution in [2.75, 3.05) is 0 Å². The first-order chi connectivity index (χ1) is 8.04. The van der Waals surface area contributed by atoms with Gasteiger partial charge in [-0.05, 0) is 12.8 Å². The number of carbonyl (C=O) groups is 2. The SMILES string of the molecule is CC(CCCCCCCCCC(=O)O)C(=O)O.[H-].[Na+]. The summed E-state index contributed by atoms with van der Waals surface area (Å²) in [7, 11) is 0. The molecule has 1 unspecified atom stereocenters. The van der Waals surface area contributed by atoms with Crippen molar-refractivity contribution in [2.45, 2.75) is 64.7 Å². The van der Waals surface area contributed by atoms with Gasteiger partial charge >= 0.3 is 41.5 Å². The molecule has 0 radical (unpaired) electrons. The standard InChI is InChI=1S/C13H24O4.Na.H/c1-11(13(16)17)9-7-5-3-2-4-6-8-10-12(14)15;;/h11H,2-10H2,1H3,(H,14,15)(H,16,17);;/q;+1;-1. The minimum absolute atomic E-state index is 0. The zero-order valence-corrected chi connectivity index (χ0v) is 13.7. The van der Waals surface area contributed by atoms with Gasteiger partial charge in [0.25, 0.3) is 0 Å². The monoisotopic (exact) mass is 268 g/mol. The van der Waals surface area contributed by atoms with Crippen LogP contribution in [0.5, 0.6) is 0 Å². The fourth-order valence-corrected chi connectivity index (χ4v) is 1.73. The summed E-state index contributed by atoms with van der Waals surface area (Å²) in [5.74, 6) is -1.66. The largest absolute Gasteiger partial charge is 1.00 e. The Morgan fingerprint density at radius 3 is 1.83 bits per heavy atom. The Morgan fingerprint density at radius 2 is 1.39 bits per heavy atom. The van der Waals surface area contributed by atoms with Gasteiger partial charge in [-0.25, -0.2) is 0 Å². The normalized spacial score (nSPS) is 11.6. The van der Waals surface area contributed by atoms with Crippen LogP contribution in [0.4, 0.5) is 0 Å². The molecule has 0 saturated carbocycles. The molecule has 0 aromatic carbocycles. The second-order valence-electron chi connectivity index (χ2n) is 4.65. The number of carboxylic acids is 2. The van der Waals surface area contributed by atoms with Crippen molar-refractivity contribution in [3.8, 4) is 0 Å². The van der Waals surface area contributed by atoms with E-state index in [1.54, 1.807) is 6.92 Å². The molecule has 0 spiro atoms. The van der Waals surface area contributed by atoms with Gasteiger partial charge in [0.05, 0.1) is 5.92 Å². The third-order valence-corrected chi connectivity index (χ3v) is 2.95. The zero-order chi connectivity index (χ0) is 13.1. The fraction of sp³-hybridized carbons (Fsp3) is 0.846. The fourth-order valence-electron chi connectivity index (χ4n) is 1.73. The molecule has 102 valence electrons. The molecule has 0 heterocycles. The van der Waals surface area contributed by atoms with E-state index in [9.17, 15) is 9.59 Å². The third-order valence-electron chi connectivity index (χ3n) is 2.95. The molecule has 0 saturated heterocycles. The Hall–Kier alpha value is -0.0600. The van der Waals surface area contributed by atoms with E-state index in [0.717, 1.165) is 51.4 Å². The van der Waals surface area contributed by atoms with Crippen LogP contribution < -0.4 is 29.6 Å². The third kappa shape index (κ3) is 14.0. The van der Waals surface area contributed by atoms with Crippen molar-refractivity contribution in [3.63, 3.8) is 0 Å². The second kappa shape index (κ2) is 13.4. The van der Waals surface area contributed by atoms with Crippen LogP contribution in [0.15, 0.2) is 0 Å². The molecule has 4 nitrogen and oxygen atoms in total. The molecular weight excluding hydrogens is 243 g/mol. The van der Waals surface area contributed by atoms with Crippen LogP contribution >= 0.6 is 0 Å². The van der Waals surface area contributed by atoms with Crippen LogP contribution in [0.1, 0.15) is 66.1 Å². The topological polar surface area (TPSA) is 74.6 Å². The van der Waals surface area contributed by atoms with Gasteiger partial charge < -0.3 is 11.6 Å². The smallest absolute Gasteiger partial charge is 1.00 e. The minimum Gasteiger partial charge on any atom is -1.00 e. The molecule has 0 amide bonds. The summed E-state index contributed by atoms with van der Waals surface area (Å²) >= 11 is 0.